The van der Waals surface area contributed by atoms with Crippen molar-refractivity contribution in [1.82, 2.24) is 14.9 Å². The van der Waals surface area contributed by atoms with Gasteiger partial charge in [0.05, 0.1) is 12.9 Å². The van der Waals surface area contributed by atoms with E-state index in [0.29, 0.717) is 5.69 Å². The molecule has 6 heteroatoms. The number of carbonyl (C=O) groups is 1. The Morgan fingerprint density at radius 3 is 2.80 bits per heavy atom. The van der Waals surface area contributed by atoms with Crippen LogP contribution in [0.2, 0.25) is 0 Å². The number of nitrogens with zero attached hydrogens (tertiary/aromatic N) is 2. The monoisotopic (exact) mass is 276 g/mol. The molecule has 20 heavy (non-hydrogen) atoms. The molecule has 1 unspecified atom stereocenters. The summed E-state index contributed by atoms with van der Waals surface area (Å²) in [5, 5.41) is 5.81. The summed E-state index contributed by atoms with van der Waals surface area (Å²) >= 11 is 0. The summed E-state index contributed by atoms with van der Waals surface area (Å²) in [4.78, 5) is 15.7. The number of benzene rings is 1. The van der Waals surface area contributed by atoms with Gasteiger partial charge in [-0.15, -0.1) is 0 Å². The highest BCUT2D eigenvalue weighted by atomic mass is 19.1. The number of hydrogen-bond acceptors (Lipinski definition) is 3. The highest BCUT2D eigenvalue weighted by Gasteiger charge is 2.06. The molecule has 1 aromatic carbocycles. The molecule has 0 spiro atoms. The topological polar surface area (TPSA) is 59.0 Å². The summed E-state index contributed by atoms with van der Waals surface area (Å²) in [6.07, 6.45) is 5.32. The van der Waals surface area contributed by atoms with Gasteiger partial charge in [0, 0.05) is 30.7 Å². The second-order valence-corrected chi connectivity index (χ2v) is 4.60. The molecule has 0 saturated heterocycles. The maximum absolute atomic E-state index is 12.7. The number of hydrogen-bond donors (Lipinski definition) is 2. The van der Waals surface area contributed by atoms with Crippen LogP contribution in [0.1, 0.15) is 6.92 Å². The minimum atomic E-state index is -0.324. The Kier molecular flexibility index (Phi) is 4.84. The van der Waals surface area contributed by atoms with Crippen molar-refractivity contribution >= 4 is 11.6 Å². The molecule has 0 bridgehead atoms. The summed E-state index contributed by atoms with van der Waals surface area (Å²) in [6.45, 7) is 2.93. The van der Waals surface area contributed by atoms with Gasteiger partial charge in [0.2, 0.25) is 5.91 Å². The molecule has 1 atom stereocenters. The highest BCUT2D eigenvalue weighted by molar-refractivity contribution is 5.92. The van der Waals surface area contributed by atoms with Gasteiger partial charge in [0.25, 0.3) is 0 Å². The molecule has 2 aromatic rings. The molecule has 1 aromatic heterocycles. The molecule has 106 valence electrons. The first-order chi connectivity index (χ1) is 9.63. The van der Waals surface area contributed by atoms with Crippen LogP contribution in [0.15, 0.2) is 43.0 Å². The highest BCUT2D eigenvalue weighted by Crippen LogP contribution is 2.07. The van der Waals surface area contributed by atoms with Gasteiger partial charge in [-0.1, -0.05) is 0 Å². The molecule has 1 amide bonds. The number of nitrogens with one attached hydrogen (secondary N) is 2. The molecule has 2 rings (SSSR count). The van der Waals surface area contributed by atoms with E-state index in [4.69, 9.17) is 0 Å². The first-order valence-electron chi connectivity index (χ1n) is 6.38. The fourth-order valence-electron chi connectivity index (χ4n) is 1.78. The number of aromatic nitrogens is 2. The first-order valence-corrected chi connectivity index (χ1v) is 6.38. The van der Waals surface area contributed by atoms with Crippen LogP contribution in [-0.4, -0.2) is 28.0 Å². The zero-order valence-corrected chi connectivity index (χ0v) is 11.2. The van der Waals surface area contributed by atoms with E-state index in [-0.39, 0.29) is 24.3 Å². The van der Waals surface area contributed by atoms with Crippen LogP contribution in [0.3, 0.4) is 0 Å². The summed E-state index contributed by atoms with van der Waals surface area (Å²) in [5.41, 5.74) is 0.584. The Labute approximate surface area is 116 Å². The molecule has 2 N–H and O–H groups in total. The molecule has 0 aliphatic carbocycles. The Bertz CT molecular complexity index is 539. The van der Waals surface area contributed by atoms with E-state index < -0.39 is 0 Å². The van der Waals surface area contributed by atoms with E-state index in [9.17, 15) is 9.18 Å². The quantitative estimate of drug-likeness (QED) is 0.843. The van der Waals surface area contributed by atoms with Gasteiger partial charge in [-0.25, -0.2) is 9.37 Å². The fourth-order valence-corrected chi connectivity index (χ4v) is 1.78. The van der Waals surface area contributed by atoms with E-state index in [2.05, 4.69) is 15.6 Å². The van der Waals surface area contributed by atoms with Gasteiger partial charge in [-0.05, 0) is 31.2 Å². The molecule has 0 radical (unpaired) electrons. The van der Waals surface area contributed by atoms with Crippen LogP contribution in [0.25, 0.3) is 0 Å². The summed E-state index contributed by atoms with van der Waals surface area (Å²) in [7, 11) is 0. The largest absolute Gasteiger partial charge is 0.336 e. The molecule has 5 nitrogen and oxygen atoms in total. The lowest BCUT2D eigenvalue weighted by Gasteiger charge is -2.14. The minimum absolute atomic E-state index is 0.142. The maximum Gasteiger partial charge on any atom is 0.238 e. The van der Waals surface area contributed by atoms with Crippen LogP contribution in [0, 0.1) is 5.82 Å². The average molecular weight is 276 g/mol. The normalized spacial score (nSPS) is 12.1. The van der Waals surface area contributed by atoms with Crippen LogP contribution in [0.5, 0.6) is 0 Å². The van der Waals surface area contributed by atoms with Crippen LogP contribution < -0.4 is 10.6 Å². The van der Waals surface area contributed by atoms with E-state index in [0.717, 1.165) is 6.54 Å². The molecule has 0 aliphatic heterocycles. The zero-order valence-electron chi connectivity index (χ0n) is 11.2. The number of halogens is 1. The Morgan fingerprint density at radius 2 is 2.15 bits per heavy atom. The van der Waals surface area contributed by atoms with Gasteiger partial charge >= 0.3 is 0 Å². The van der Waals surface area contributed by atoms with Gasteiger partial charge in [0.15, 0.2) is 0 Å². The number of anilines is 1. The van der Waals surface area contributed by atoms with E-state index in [1.54, 1.807) is 12.5 Å². The lowest BCUT2D eigenvalue weighted by atomic mass is 10.3. The number of carbonyl (C=O) groups excluding carboxylic acids is 1. The number of imidazole rings is 1. The van der Waals surface area contributed by atoms with Crippen molar-refractivity contribution in [1.29, 1.82) is 0 Å². The second-order valence-electron chi connectivity index (χ2n) is 4.60. The van der Waals surface area contributed by atoms with Crippen molar-refractivity contribution in [2.75, 3.05) is 11.9 Å². The molecule has 0 aliphatic rings. The molecule has 0 fully saturated rings. The second kappa shape index (κ2) is 6.81. The summed E-state index contributed by atoms with van der Waals surface area (Å²) in [6, 6.07) is 5.82. The fraction of sp³-hybridized carbons (Fsp3) is 0.286. The number of rotatable bonds is 6. The molecular weight excluding hydrogens is 259 g/mol. The third-order valence-electron chi connectivity index (χ3n) is 2.78. The van der Waals surface area contributed by atoms with E-state index in [1.165, 1.54) is 24.3 Å². The lowest BCUT2D eigenvalue weighted by Crippen LogP contribution is -2.36. The van der Waals surface area contributed by atoms with Crippen LogP contribution >= 0.6 is 0 Å². The van der Waals surface area contributed by atoms with Crippen molar-refractivity contribution < 1.29 is 9.18 Å². The predicted octanol–water partition coefficient (Wildman–Crippen LogP) is 1.64. The first kappa shape index (κ1) is 14.2. The third kappa shape index (κ3) is 4.47. The summed E-state index contributed by atoms with van der Waals surface area (Å²) in [5.74, 6) is -0.482. The Morgan fingerprint density at radius 1 is 1.40 bits per heavy atom. The van der Waals surface area contributed by atoms with Gasteiger partial charge < -0.3 is 15.2 Å². The van der Waals surface area contributed by atoms with Crippen molar-refractivity contribution in [3.63, 3.8) is 0 Å². The van der Waals surface area contributed by atoms with Crippen LogP contribution in [0.4, 0.5) is 10.1 Å². The lowest BCUT2D eigenvalue weighted by molar-refractivity contribution is -0.115. The van der Waals surface area contributed by atoms with Crippen molar-refractivity contribution in [3.8, 4) is 0 Å². The smallest absolute Gasteiger partial charge is 0.238 e. The molecular formula is C14H17FN4O. The number of amides is 1. The predicted molar refractivity (Wildman–Crippen MR) is 74.7 cm³/mol. The summed E-state index contributed by atoms with van der Waals surface area (Å²) < 4.78 is 14.7. The van der Waals surface area contributed by atoms with Gasteiger partial charge in [-0.2, -0.15) is 0 Å². The zero-order chi connectivity index (χ0) is 14.4. The molecule has 1 heterocycles. The van der Waals surface area contributed by atoms with Gasteiger partial charge in [-0.3, -0.25) is 4.79 Å². The van der Waals surface area contributed by atoms with E-state index >= 15 is 0 Å². The van der Waals surface area contributed by atoms with Crippen molar-refractivity contribution in [2.24, 2.45) is 0 Å². The SMILES string of the molecule is CC(Cn1ccnc1)NCC(=O)Nc1ccc(F)cc1. The average Bonchev–Trinajstić information content (AvgIpc) is 2.92. The van der Waals surface area contributed by atoms with Gasteiger partial charge in [0.1, 0.15) is 5.82 Å². The van der Waals surface area contributed by atoms with Crippen molar-refractivity contribution in [2.45, 2.75) is 19.5 Å². The Hall–Kier alpha value is -2.21. The molecule has 0 saturated carbocycles. The van der Waals surface area contributed by atoms with E-state index in [1.807, 2.05) is 17.7 Å². The minimum Gasteiger partial charge on any atom is -0.336 e. The van der Waals surface area contributed by atoms with Crippen LogP contribution in [-0.2, 0) is 11.3 Å². The third-order valence-corrected chi connectivity index (χ3v) is 2.78. The Balaban J connectivity index is 1.73. The standard InChI is InChI=1S/C14H17FN4O/c1-11(9-19-7-6-16-10-19)17-8-14(20)18-13-4-2-12(15)3-5-13/h2-7,10-11,17H,8-9H2,1H3,(H,18,20). The maximum atomic E-state index is 12.7. The van der Waals surface area contributed by atoms with Crippen molar-refractivity contribution in [3.05, 3.63) is 48.8 Å².